The van der Waals surface area contributed by atoms with Crippen molar-refractivity contribution in [1.29, 1.82) is 0 Å². The number of hydrogen-bond donors (Lipinski definition) is 2. The van der Waals surface area contributed by atoms with E-state index in [1.165, 1.54) is 42.5 Å². The molecule has 11 heteroatoms. The minimum absolute atomic E-state index is 0.0479. The monoisotopic (exact) mass is 555 g/mol. The molecule has 2 aromatic carbocycles. The number of benzene rings is 2. The Hall–Kier alpha value is -5.32. The number of aryl methyl sites for hydroxylation is 1. The molecule has 0 unspecified atom stereocenters. The van der Waals surface area contributed by atoms with E-state index in [2.05, 4.69) is 15.6 Å². The summed E-state index contributed by atoms with van der Waals surface area (Å²) < 4.78 is 36.2. The zero-order valence-electron chi connectivity index (χ0n) is 21.7. The summed E-state index contributed by atoms with van der Waals surface area (Å²) in [6.07, 6.45) is 5.08. The van der Waals surface area contributed by atoms with Crippen molar-refractivity contribution in [2.24, 2.45) is 5.92 Å². The predicted octanol–water partition coefficient (Wildman–Crippen LogP) is 5.61. The number of halogens is 2. The lowest BCUT2D eigenvalue weighted by Gasteiger charge is -2.13. The van der Waals surface area contributed by atoms with E-state index in [1.807, 2.05) is 0 Å². The Labute approximate surface area is 232 Å². The summed E-state index contributed by atoms with van der Waals surface area (Å²) in [5, 5.41) is 18.3. The first-order chi connectivity index (χ1) is 19.7. The quantitative estimate of drug-likeness (QED) is 0.200. The standard InChI is InChI=1S/C30H23F2N5O4/c1-17-2-12-25(37(40)28(17)18-5-7-20(31)8-6-18)30(39)33-24-11-9-21(14-23(24)32)41-22-10-13-27-34-26(16-36(27)15-22)35-29(38)19-3-4-19/h2,5-16,19H,3-4H2,1H3,(H,33,39)(H,35,38). The third kappa shape index (κ3) is 5.42. The van der Waals surface area contributed by atoms with Crippen molar-refractivity contribution >= 4 is 29.0 Å². The summed E-state index contributed by atoms with van der Waals surface area (Å²) in [5.41, 5.74) is 1.41. The van der Waals surface area contributed by atoms with Crippen LogP contribution in [0.1, 0.15) is 28.9 Å². The van der Waals surface area contributed by atoms with Crippen molar-refractivity contribution in [1.82, 2.24) is 9.38 Å². The van der Waals surface area contributed by atoms with E-state index in [0.29, 0.717) is 33.1 Å². The fourth-order valence-corrected chi connectivity index (χ4v) is 4.40. The third-order valence-electron chi connectivity index (χ3n) is 6.68. The first kappa shape index (κ1) is 25.9. The molecule has 1 saturated carbocycles. The Balaban J connectivity index is 1.17. The molecule has 206 valence electrons. The number of nitrogens with one attached hydrogen (secondary N) is 2. The number of rotatable bonds is 7. The van der Waals surface area contributed by atoms with Crippen molar-refractivity contribution < 1.29 is 27.8 Å². The molecule has 1 aliphatic rings. The van der Waals surface area contributed by atoms with E-state index in [-0.39, 0.29) is 34.6 Å². The number of amides is 2. The van der Waals surface area contributed by atoms with E-state index >= 15 is 0 Å². The van der Waals surface area contributed by atoms with E-state index in [1.54, 1.807) is 41.9 Å². The van der Waals surface area contributed by atoms with Gasteiger partial charge in [0, 0.05) is 29.2 Å². The number of hydrogen-bond acceptors (Lipinski definition) is 5. The molecule has 0 bridgehead atoms. The molecule has 2 N–H and O–H groups in total. The molecule has 0 spiro atoms. The molecule has 0 atom stereocenters. The van der Waals surface area contributed by atoms with Gasteiger partial charge in [-0.1, -0.05) is 0 Å². The van der Waals surface area contributed by atoms with Crippen LogP contribution in [-0.2, 0) is 4.79 Å². The number of pyridine rings is 2. The Bertz CT molecular complexity index is 1820. The first-order valence-corrected chi connectivity index (χ1v) is 12.8. The zero-order valence-corrected chi connectivity index (χ0v) is 21.7. The van der Waals surface area contributed by atoms with Gasteiger partial charge in [-0.3, -0.25) is 9.59 Å². The summed E-state index contributed by atoms with van der Waals surface area (Å²) in [7, 11) is 0. The van der Waals surface area contributed by atoms with Crippen LogP contribution in [0, 0.1) is 29.7 Å². The highest BCUT2D eigenvalue weighted by Gasteiger charge is 2.30. The van der Waals surface area contributed by atoms with Crippen molar-refractivity contribution in [3.05, 3.63) is 107 Å². The minimum Gasteiger partial charge on any atom is -0.618 e. The maximum atomic E-state index is 15.0. The highest BCUT2D eigenvalue weighted by atomic mass is 19.1. The molecule has 9 nitrogen and oxygen atoms in total. The van der Waals surface area contributed by atoms with Crippen molar-refractivity contribution in [2.75, 3.05) is 10.6 Å². The number of imidazole rings is 1. The predicted molar refractivity (Wildman–Crippen MR) is 147 cm³/mol. The molecule has 1 aliphatic carbocycles. The van der Waals surface area contributed by atoms with Crippen LogP contribution in [0.4, 0.5) is 20.3 Å². The third-order valence-corrected chi connectivity index (χ3v) is 6.68. The smallest absolute Gasteiger partial charge is 0.321 e. The number of aromatic nitrogens is 3. The molecule has 5 aromatic rings. The zero-order chi connectivity index (χ0) is 28.7. The molecular weight excluding hydrogens is 532 g/mol. The van der Waals surface area contributed by atoms with Crippen LogP contribution < -0.4 is 20.1 Å². The molecule has 3 heterocycles. The molecule has 0 aliphatic heterocycles. The fraction of sp³-hybridized carbons (Fsp3) is 0.133. The number of nitrogens with zero attached hydrogens (tertiary/aromatic N) is 3. The number of carbonyl (C=O) groups is 2. The molecule has 2 amide bonds. The van der Waals surface area contributed by atoms with Gasteiger partial charge in [-0.15, -0.1) is 0 Å². The summed E-state index contributed by atoms with van der Waals surface area (Å²) in [5.74, 6) is -1.03. The number of anilines is 2. The van der Waals surface area contributed by atoms with Gasteiger partial charge in [0.25, 0.3) is 5.69 Å². The van der Waals surface area contributed by atoms with Gasteiger partial charge in [0.05, 0.1) is 18.1 Å². The molecule has 3 aromatic heterocycles. The molecule has 1 fully saturated rings. The van der Waals surface area contributed by atoms with Crippen LogP contribution in [-0.4, -0.2) is 21.2 Å². The average Bonchev–Trinajstić information content (AvgIpc) is 3.72. The largest absolute Gasteiger partial charge is 0.618 e. The molecule has 6 rings (SSSR count). The van der Waals surface area contributed by atoms with Gasteiger partial charge >= 0.3 is 5.91 Å². The molecule has 0 radical (unpaired) electrons. The topological polar surface area (TPSA) is 112 Å². The van der Waals surface area contributed by atoms with E-state index < -0.39 is 17.5 Å². The second kappa shape index (κ2) is 10.3. The number of ether oxygens (including phenoxy) is 1. The molecule has 0 saturated heterocycles. The van der Waals surface area contributed by atoms with Crippen molar-refractivity contribution in [3.63, 3.8) is 0 Å². The normalized spacial score (nSPS) is 12.8. The van der Waals surface area contributed by atoms with Crippen molar-refractivity contribution in [2.45, 2.75) is 19.8 Å². The summed E-state index contributed by atoms with van der Waals surface area (Å²) in [6, 6.07) is 15.5. The van der Waals surface area contributed by atoms with Gasteiger partial charge in [0.2, 0.25) is 11.6 Å². The lowest BCUT2D eigenvalue weighted by molar-refractivity contribution is -0.596. The van der Waals surface area contributed by atoms with E-state index in [0.717, 1.165) is 18.9 Å². The molecule has 41 heavy (non-hydrogen) atoms. The Kier molecular flexibility index (Phi) is 6.54. The van der Waals surface area contributed by atoms with Crippen LogP contribution >= 0.6 is 0 Å². The number of fused-ring (bicyclic) bond motifs is 1. The van der Waals surface area contributed by atoms with E-state index in [9.17, 15) is 23.6 Å². The molecular formula is C30H23F2N5O4. The van der Waals surface area contributed by atoms with Gasteiger partial charge in [-0.2, -0.15) is 4.73 Å². The fourth-order valence-electron chi connectivity index (χ4n) is 4.40. The van der Waals surface area contributed by atoms with Crippen LogP contribution in [0.2, 0.25) is 0 Å². The minimum atomic E-state index is -0.814. The highest BCUT2D eigenvalue weighted by Crippen LogP contribution is 2.31. The van der Waals surface area contributed by atoms with Crippen LogP contribution in [0.25, 0.3) is 16.9 Å². The van der Waals surface area contributed by atoms with E-state index in [4.69, 9.17) is 4.74 Å². The van der Waals surface area contributed by atoms with Crippen LogP contribution in [0.15, 0.2) is 79.1 Å². The second-order valence-corrected chi connectivity index (χ2v) is 9.77. The van der Waals surface area contributed by atoms with Crippen LogP contribution in [0.5, 0.6) is 11.5 Å². The van der Waals surface area contributed by atoms with Gasteiger partial charge in [-0.05, 0) is 74.4 Å². The van der Waals surface area contributed by atoms with Gasteiger partial charge in [0.1, 0.15) is 28.8 Å². The second-order valence-electron chi connectivity index (χ2n) is 9.77. The highest BCUT2D eigenvalue weighted by molar-refractivity contribution is 6.02. The SMILES string of the molecule is Cc1ccc(C(=O)Nc2ccc(Oc3ccc4nc(NC(=O)C5CC5)cn4c3)cc2F)[n+]([O-])c1-c1ccc(F)cc1. The lowest BCUT2D eigenvalue weighted by Crippen LogP contribution is -2.39. The Morgan fingerprint density at radius 3 is 2.46 bits per heavy atom. The summed E-state index contributed by atoms with van der Waals surface area (Å²) in [4.78, 5) is 29.3. The van der Waals surface area contributed by atoms with Crippen molar-refractivity contribution in [3.8, 4) is 22.8 Å². The lowest BCUT2D eigenvalue weighted by atomic mass is 10.1. The maximum absolute atomic E-state index is 15.0. The van der Waals surface area contributed by atoms with Gasteiger partial charge < -0.3 is 25.0 Å². The van der Waals surface area contributed by atoms with Crippen LogP contribution in [0.3, 0.4) is 0 Å². The Morgan fingerprint density at radius 1 is 0.976 bits per heavy atom. The summed E-state index contributed by atoms with van der Waals surface area (Å²) in [6.45, 7) is 1.70. The summed E-state index contributed by atoms with van der Waals surface area (Å²) >= 11 is 0. The first-order valence-electron chi connectivity index (χ1n) is 12.8. The number of carbonyl (C=O) groups excluding carboxylic acids is 2. The Morgan fingerprint density at radius 2 is 1.73 bits per heavy atom. The van der Waals surface area contributed by atoms with Gasteiger partial charge in [0.15, 0.2) is 5.82 Å². The average molecular weight is 556 g/mol. The van der Waals surface area contributed by atoms with Gasteiger partial charge in [-0.25, -0.2) is 13.8 Å². The maximum Gasteiger partial charge on any atom is 0.321 e.